The number of ether oxygens (including phenoxy) is 1. The molecule has 5 nitrogen and oxygen atoms in total. The highest BCUT2D eigenvalue weighted by Crippen LogP contribution is 2.40. The van der Waals surface area contributed by atoms with E-state index in [9.17, 15) is 4.79 Å². The van der Waals surface area contributed by atoms with Crippen molar-refractivity contribution in [3.63, 3.8) is 0 Å². The van der Waals surface area contributed by atoms with Gasteiger partial charge < -0.3 is 9.64 Å². The van der Waals surface area contributed by atoms with Gasteiger partial charge in [0.1, 0.15) is 18.2 Å². The van der Waals surface area contributed by atoms with Gasteiger partial charge in [0.2, 0.25) is 0 Å². The normalized spacial score (nSPS) is 20.2. The maximum absolute atomic E-state index is 12.8. The molecule has 4 rings (SSSR count). The summed E-state index contributed by atoms with van der Waals surface area (Å²) in [7, 11) is 0. The highest BCUT2D eigenvalue weighted by atomic mass is 35.5. The Labute approximate surface area is 145 Å². The number of hydrogen-bond donors (Lipinski definition) is 0. The van der Waals surface area contributed by atoms with Crippen LogP contribution in [0.5, 0.6) is 5.75 Å². The van der Waals surface area contributed by atoms with Crippen molar-refractivity contribution in [2.45, 2.75) is 31.3 Å². The molecule has 1 unspecified atom stereocenters. The molecule has 0 spiro atoms. The largest absolute Gasteiger partial charge is 0.489 e. The molecule has 1 aromatic carbocycles. The Hall–Kier alpha value is -2.14. The number of carbonyl (C=O) groups excluding carboxylic acids is 1. The summed E-state index contributed by atoms with van der Waals surface area (Å²) in [6, 6.07) is 7.31. The maximum Gasteiger partial charge on any atom is 0.257 e. The molecule has 1 aliphatic carbocycles. The van der Waals surface area contributed by atoms with E-state index in [2.05, 4.69) is 9.97 Å². The van der Waals surface area contributed by atoms with Gasteiger partial charge in [-0.2, -0.15) is 0 Å². The third kappa shape index (κ3) is 3.22. The van der Waals surface area contributed by atoms with Crippen LogP contribution in [0.1, 0.15) is 41.2 Å². The second-order valence-electron chi connectivity index (χ2n) is 6.33. The number of carbonyl (C=O) groups is 1. The number of amides is 1. The number of aromatic nitrogens is 2. The summed E-state index contributed by atoms with van der Waals surface area (Å²) >= 11 is 5.89. The number of benzene rings is 1. The smallest absolute Gasteiger partial charge is 0.257 e. The molecule has 2 fully saturated rings. The highest BCUT2D eigenvalue weighted by Gasteiger charge is 2.34. The lowest BCUT2D eigenvalue weighted by Gasteiger charge is -2.18. The lowest BCUT2D eigenvalue weighted by atomic mass is 10.1. The summed E-state index contributed by atoms with van der Waals surface area (Å²) in [6.07, 6.45) is 6.22. The molecule has 1 atom stereocenters. The first-order valence-electron chi connectivity index (χ1n) is 8.22. The monoisotopic (exact) mass is 343 g/mol. The van der Waals surface area contributed by atoms with E-state index in [0.717, 1.165) is 30.7 Å². The minimum Gasteiger partial charge on any atom is -0.489 e. The minimum absolute atomic E-state index is 0.00383. The third-order valence-corrected chi connectivity index (χ3v) is 4.74. The van der Waals surface area contributed by atoms with Crippen LogP contribution in [-0.4, -0.2) is 40.0 Å². The van der Waals surface area contributed by atoms with Gasteiger partial charge in [0.25, 0.3) is 5.91 Å². The molecule has 1 saturated heterocycles. The van der Waals surface area contributed by atoms with Crippen molar-refractivity contribution in [1.29, 1.82) is 0 Å². The van der Waals surface area contributed by atoms with Crippen LogP contribution in [0.15, 0.2) is 36.8 Å². The van der Waals surface area contributed by atoms with Crippen LogP contribution < -0.4 is 4.74 Å². The molecule has 0 N–H and O–H groups in total. The fourth-order valence-corrected chi connectivity index (χ4v) is 3.20. The van der Waals surface area contributed by atoms with Crippen LogP contribution in [-0.2, 0) is 0 Å². The summed E-state index contributed by atoms with van der Waals surface area (Å²) in [4.78, 5) is 23.0. The average molecular weight is 344 g/mol. The van der Waals surface area contributed by atoms with Gasteiger partial charge in [-0.1, -0.05) is 11.6 Å². The second-order valence-corrected chi connectivity index (χ2v) is 6.77. The lowest BCUT2D eigenvalue weighted by molar-refractivity contribution is 0.0770. The molecule has 2 heterocycles. The molecule has 6 heteroatoms. The molecule has 1 saturated carbocycles. The van der Waals surface area contributed by atoms with Gasteiger partial charge in [0, 0.05) is 30.1 Å². The minimum atomic E-state index is 0.00383. The molecule has 0 radical (unpaired) electrons. The molecule has 1 aliphatic heterocycles. The van der Waals surface area contributed by atoms with E-state index >= 15 is 0 Å². The quantitative estimate of drug-likeness (QED) is 0.854. The molecule has 1 amide bonds. The van der Waals surface area contributed by atoms with Gasteiger partial charge in [-0.15, -0.1) is 0 Å². The summed E-state index contributed by atoms with van der Waals surface area (Å²) in [5, 5.41) is 0.683. The highest BCUT2D eigenvalue weighted by molar-refractivity contribution is 6.30. The molecule has 2 aromatic rings. The first-order valence-corrected chi connectivity index (χ1v) is 8.60. The molecular formula is C18H18ClN3O2. The number of nitrogens with zero attached hydrogens (tertiary/aromatic N) is 3. The summed E-state index contributed by atoms with van der Waals surface area (Å²) < 4.78 is 5.95. The fraction of sp³-hybridized carbons (Fsp3) is 0.389. The van der Waals surface area contributed by atoms with Crippen molar-refractivity contribution in [3.05, 3.63) is 53.1 Å². The van der Waals surface area contributed by atoms with Crippen molar-refractivity contribution in [2.24, 2.45) is 0 Å². The number of rotatable bonds is 4. The van der Waals surface area contributed by atoms with Crippen LogP contribution >= 0.6 is 11.6 Å². The Morgan fingerprint density at radius 1 is 1.21 bits per heavy atom. The van der Waals surface area contributed by atoms with Gasteiger partial charge in [-0.05, 0) is 37.1 Å². The van der Waals surface area contributed by atoms with E-state index in [1.54, 1.807) is 18.3 Å². The molecule has 0 bridgehead atoms. The van der Waals surface area contributed by atoms with Crippen LogP contribution in [0.25, 0.3) is 0 Å². The van der Waals surface area contributed by atoms with E-state index in [1.807, 2.05) is 17.0 Å². The van der Waals surface area contributed by atoms with Crippen molar-refractivity contribution in [1.82, 2.24) is 14.9 Å². The van der Waals surface area contributed by atoms with E-state index in [0.29, 0.717) is 29.6 Å². The zero-order valence-electron chi connectivity index (χ0n) is 13.2. The zero-order chi connectivity index (χ0) is 16.5. The van der Waals surface area contributed by atoms with Crippen molar-refractivity contribution >= 4 is 17.5 Å². The van der Waals surface area contributed by atoms with Crippen molar-refractivity contribution in [3.8, 4) is 5.75 Å². The summed E-state index contributed by atoms with van der Waals surface area (Å²) in [5.41, 5.74) is 1.55. The van der Waals surface area contributed by atoms with E-state index in [4.69, 9.17) is 16.3 Å². The van der Waals surface area contributed by atoms with Crippen LogP contribution in [0, 0.1) is 0 Å². The van der Waals surface area contributed by atoms with Crippen molar-refractivity contribution < 1.29 is 9.53 Å². The fourth-order valence-electron chi connectivity index (χ4n) is 3.07. The topological polar surface area (TPSA) is 55.3 Å². The second kappa shape index (κ2) is 6.40. The van der Waals surface area contributed by atoms with Gasteiger partial charge in [0.05, 0.1) is 17.8 Å². The molecular weight excluding hydrogens is 326 g/mol. The third-order valence-electron chi connectivity index (χ3n) is 4.49. The first kappa shape index (κ1) is 15.4. The summed E-state index contributed by atoms with van der Waals surface area (Å²) in [5.74, 6) is 1.22. The predicted octanol–water partition coefficient (Wildman–Crippen LogP) is 3.30. The maximum atomic E-state index is 12.8. The first-order chi connectivity index (χ1) is 11.7. The Balaban J connectivity index is 1.43. The molecule has 2 aliphatic rings. The molecule has 124 valence electrons. The average Bonchev–Trinajstić information content (AvgIpc) is 3.35. The molecule has 24 heavy (non-hydrogen) atoms. The SMILES string of the molecule is O=C(c1cncnc1C1CC1)N1CCC(Oc2ccc(Cl)cc2)C1. The Morgan fingerprint density at radius 3 is 2.75 bits per heavy atom. The van der Waals surface area contributed by atoms with Crippen LogP contribution in [0.2, 0.25) is 5.02 Å². The van der Waals surface area contributed by atoms with Crippen LogP contribution in [0.4, 0.5) is 0 Å². The number of hydrogen-bond acceptors (Lipinski definition) is 4. The summed E-state index contributed by atoms with van der Waals surface area (Å²) in [6.45, 7) is 1.27. The number of halogens is 1. The Bertz CT molecular complexity index is 746. The van der Waals surface area contributed by atoms with Gasteiger partial charge in [-0.25, -0.2) is 9.97 Å². The van der Waals surface area contributed by atoms with Crippen LogP contribution in [0.3, 0.4) is 0 Å². The van der Waals surface area contributed by atoms with Crippen molar-refractivity contribution in [2.75, 3.05) is 13.1 Å². The Kier molecular flexibility index (Phi) is 4.10. The predicted molar refractivity (Wildman–Crippen MR) is 90.4 cm³/mol. The zero-order valence-corrected chi connectivity index (χ0v) is 13.9. The van der Waals surface area contributed by atoms with Gasteiger partial charge in [0.15, 0.2) is 0 Å². The Morgan fingerprint density at radius 2 is 2.00 bits per heavy atom. The van der Waals surface area contributed by atoms with E-state index in [1.165, 1.54) is 6.33 Å². The van der Waals surface area contributed by atoms with E-state index in [-0.39, 0.29) is 12.0 Å². The van der Waals surface area contributed by atoms with Gasteiger partial charge in [-0.3, -0.25) is 4.79 Å². The standard InChI is InChI=1S/C18H18ClN3O2/c19-13-3-5-14(6-4-13)24-15-7-8-22(10-15)18(23)16-9-20-11-21-17(16)12-1-2-12/h3-6,9,11-12,15H,1-2,7-8,10H2. The lowest BCUT2D eigenvalue weighted by Crippen LogP contribution is -2.31. The van der Waals surface area contributed by atoms with Gasteiger partial charge >= 0.3 is 0 Å². The molecule has 1 aromatic heterocycles. The number of likely N-dealkylation sites (tertiary alicyclic amines) is 1. The van der Waals surface area contributed by atoms with E-state index < -0.39 is 0 Å².